The van der Waals surface area contributed by atoms with Crippen LogP contribution in [-0.2, 0) is 6.42 Å². The highest BCUT2D eigenvalue weighted by Gasteiger charge is 2.30. The summed E-state index contributed by atoms with van der Waals surface area (Å²) in [6.07, 6.45) is 1.84. The quantitative estimate of drug-likeness (QED) is 0.913. The number of hydrogen-bond acceptors (Lipinski definition) is 2. The zero-order valence-corrected chi connectivity index (χ0v) is 14.3. The maximum Gasteiger partial charge on any atom is 0.0839 e. The number of halogens is 1. The molecule has 0 spiro atoms. The first-order valence-electron chi connectivity index (χ1n) is 8.15. The van der Waals surface area contributed by atoms with Crippen LogP contribution >= 0.6 is 12.4 Å². The van der Waals surface area contributed by atoms with Gasteiger partial charge in [-0.3, -0.25) is 0 Å². The summed E-state index contributed by atoms with van der Waals surface area (Å²) in [7, 11) is 0. The predicted octanol–water partition coefficient (Wildman–Crippen LogP) is 4.20. The van der Waals surface area contributed by atoms with Crippen molar-refractivity contribution in [3.05, 3.63) is 47.5 Å². The summed E-state index contributed by atoms with van der Waals surface area (Å²) >= 11 is 0. The van der Waals surface area contributed by atoms with E-state index in [0.29, 0.717) is 5.92 Å². The van der Waals surface area contributed by atoms with E-state index in [1.54, 1.807) is 0 Å². The molecule has 0 bridgehead atoms. The molecule has 2 aromatic carbocycles. The van der Waals surface area contributed by atoms with Crippen molar-refractivity contribution in [2.45, 2.75) is 32.8 Å². The molecular formula is C19H26ClNO. The predicted molar refractivity (Wildman–Crippen MR) is 95.8 cm³/mol. The van der Waals surface area contributed by atoms with Gasteiger partial charge in [0.1, 0.15) is 0 Å². The van der Waals surface area contributed by atoms with Crippen molar-refractivity contribution in [3.8, 4) is 0 Å². The van der Waals surface area contributed by atoms with Gasteiger partial charge in [-0.15, -0.1) is 12.4 Å². The van der Waals surface area contributed by atoms with Gasteiger partial charge in [0.15, 0.2) is 0 Å². The van der Waals surface area contributed by atoms with E-state index < -0.39 is 0 Å². The van der Waals surface area contributed by atoms with Crippen LogP contribution in [0.2, 0.25) is 0 Å². The summed E-state index contributed by atoms with van der Waals surface area (Å²) in [6.45, 7) is 7.51. The molecule has 3 heteroatoms. The van der Waals surface area contributed by atoms with Gasteiger partial charge in [0.2, 0.25) is 0 Å². The molecular weight excluding hydrogens is 294 g/mol. The summed E-state index contributed by atoms with van der Waals surface area (Å²) in [5.74, 6) is 0.350. The summed E-state index contributed by atoms with van der Waals surface area (Å²) in [5, 5.41) is 13.4. The van der Waals surface area contributed by atoms with Gasteiger partial charge >= 0.3 is 0 Å². The molecule has 0 aromatic heterocycles. The van der Waals surface area contributed by atoms with Crippen LogP contribution in [0.4, 0.5) is 0 Å². The number of nitrogens with zero attached hydrogens (tertiary/aromatic N) is 1. The smallest absolute Gasteiger partial charge is 0.0839 e. The Morgan fingerprint density at radius 3 is 2.55 bits per heavy atom. The first kappa shape index (κ1) is 17.3. The summed E-state index contributed by atoms with van der Waals surface area (Å²) < 4.78 is 0. The SMILES string of the molecule is CCN(CC)CC1CCc2ccc3ccccc3c2C1O.Cl. The first-order chi connectivity index (χ1) is 10.2. The summed E-state index contributed by atoms with van der Waals surface area (Å²) in [6, 6.07) is 12.8. The fraction of sp³-hybridized carbons (Fsp3) is 0.474. The zero-order valence-electron chi connectivity index (χ0n) is 13.5. The second-order valence-electron chi connectivity index (χ2n) is 6.09. The fourth-order valence-corrected chi connectivity index (χ4v) is 3.65. The van der Waals surface area contributed by atoms with Crippen LogP contribution in [-0.4, -0.2) is 29.6 Å². The molecule has 3 rings (SSSR count). The highest BCUT2D eigenvalue weighted by molar-refractivity contribution is 5.87. The van der Waals surface area contributed by atoms with Crippen molar-refractivity contribution in [2.24, 2.45) is 5.92 Å². The largest absolute Gasteiger partial charge is 0.388 e. The van der Waals surface area contributed by atoms with Crippen LogP contribution in [0.25, 0.3) is 10.8 Å². The number of benzene rings is 2. The summed E-state index contributed by atoms with van der Waals surface area (Å²) in [5.41, 5.74) is 2.51. The highest BCUT2D eigenvalue weighted by Crippen LogP contribution is 2.39. The van der Waals surface area contributed by atoms with Crippen molar-refractivity contribution >= 4 is 23.2 Å². The Morgan fingerprint density at radius 1 is 1.09 bits per heavy atom. The molecule has 0 radical (unpaired) electrons. The Balaban J connectivity index is 0.00000176. The molecule has 2 unspecified atom stereocenters. The standard InChI is InChI=1S/C19H25NO.ClH/c1-3-20(4-2)13-16-12-11-15-10-9-14-7-5-6-8-17(14)18(15)19(16)21;/h5-10,16,19,21H,3-4,11-13H2,1-2H3;1H. The van der Waals surface area contributed by atoms with E-state index in [2.05, 4.69) is 55.1 Å². The Kier molecular flexibility index (Phi) is 5.85. The third kappa shape index (κ3) is 3.15. The lowest BCUT2D eigenvalue weighted by molar-refractivity contribution is 0.0696. The van der Waals surface area contributed by atoms with Crippen LogP contribution in [0.5, 0.6) is 0 Å². The third-order valence-corrected chi connectivity index (χ3v) is 4.97. The van der Waals surface area contributed by atoms with Crippen LogP contribution in [0, 0.1) is 5.92 Å². The minimum absolute atomic E-state index is 0. The lowest BCUT2D eigenvalue weighted by Gasteiger charge is -2.34. The van der Waals surface area contributed by atoms with Gasteiger partial charge in [0.05, 0.1) is 6.10 Å². The van der Waals surface area contributed by atoms with Gasteiger partial charge in [-0.1, -0.05) is 50.2 Å². The molecule has 2 atom stereocenters. The summed E-state index contributed by atoms with van der Waals surface area (Å²) in [4.78, 5) is 2.42. The topological polar surface area (TPSA) is 23.5 Å². The molecule has 2 nitrogen and oxygen atoms in total. The lowest BCUT2D eigenvalue weighted by Crippen LogP contribution is -2.34. The van der Waals surface area contributed by atoms with E-state index in [9.17, 15) is 5.11 Å². The molecule has 0 fully saturated rings. The van der Waals surface area contributed by atoms with Crippen LogP contribution in [0.15, 0.2) is 36.4 Å². The second kappa shape index (κ2) is 7.45. The fourth-order valence-electron chi connectivity index (χ4n) is 3.65. The van der Waals surface area contributed by atoms with Gasteiger partial charge < -0.3 is 10.0 Å². The van der Waals surface area contributed by atoms with Crippen molar-refractivity contribution < 1.29 is 5.11 Å². The van der Waals surface area contributed by atoms with E-state index in [0.717, 1.165) is 32.5 Å². The average Bonchev–Trinajstić information content (AvgIpc) is 2.54. The maximum absolute atomic E-state index is 10.9. The van der Waals surface area contributed by atoms with Gasteiger partial charge in [-0.2, -0.15) is 0 Å². The van der Waals surface area contributed by atoms with Gasteiger partial charge in [0.25, 0.3) is 0 Å². The molecule has 1 aliphatic rings. The van der Waals surface area contributed by atoms with Crippen molar-refractivity contribution in [1.29, 1.82) is 0 Å². The lowest BCUT2D eigenvalue weighted by atomic mass is 9.79. The second-order valence-corrected chi connectivity index (χ2v) is 6.09. The van der Waals surface area contributed by atoms with Crippen LogP contribution in [0.1, 0.15) is 37.5 Å². The van der Waals surface area contributed by atoms with Gasteiger partial charge in [0, 0.05) is 12.5 Å². The third-order valence-electron chi connectivity index (χ3n) is 4.97. The Morgan fingerprint density at radius 2 is 1.82 bits per heavy atom. The Labute approximate surface area is 139 Å². The van der Waals surface area contributed by atoms with Crippen LogP contribution < -0.4 is 0 Å². The molecule has 120 valence electrons. The van der Waals surface area contributed by atoms with E-state index in [-0.39, 0.29) is 18.5 Å². The van der Waals surface area contributed by atoms with E-state index in [1.807, 2.05) is 0 Å². The number of rotatable bonds is 4. The molecule has 0 saturated carbocycles. The maximum atomic E-state index is 10.9. The highest BCUT2D eigenvalue weighted by atomic mass is 35.5. The molecule has 2 aromatic rings. The molecule has 0 aliphatic heterocycles. The number of aryl methyl sites for hydroxylation is 1. The van der Waals surface area contributed by atoms with Gasteiger partial charge in [-0.05, 0) is 47.8 Å². The van der Waals surface area contributed by atoms with Crippen molar-refractivity contribution in [1.82, 2.24) is 4.90 Å². The Hall–Kier alpha value is -1.09. The van der Waals surface area contributed by atoms with Crippen molar-refractivity contribution in [2.75, 3.05) is 19.6 Å². The molecule has 22 heavy (non-hydrogen) atoms. The number of fused-ring (bicyclic) bond motifs is 3. The van der Waals surface area contributed by atoms with E-state index in [4.69, 9.17) is 0 Å². The number of aliphatic hydroxyl groups is 1. The molecule has 1 N–H and O–H groups in total. The minimum Gasteiger partial charge on any atom is -0.388 e. The monoisotopic (exact) mass is 319 g/mol. The molecule has 0 saturated heterocycles. The molecule has 0 amide bonds. The van der Waals surface area contributed by atoms with Crippen molar-refractivity contribution in [3.63, 3.8) is 0 Å². The first-order valence-corrected chi connectivity index (χ1v) is 8.15. The average molecular weight is 320 g/mol. The molecule has 1 aliphatic carbocycles. The van der Waals surface area contributed by atoms with E-state index in [1.165, 1.54) is 21.9 Å². The molecule has 0 heterocycles. The van der Waals surface area contributed by atoms with Gasteiger partial charge in [-0.25, -0.2) is 0 Å². The zero-order chi connectivity index (χ0) is 14.8. The number of hydrogen-bond donors (Lipinski definition) is 1. The Bertz CT molecular complexity index is 624. The normalized spacial score (nSPS) is 20.7. The van der Waals surface area contributed by atoms with E-state index >= 15 is 0 Å². The minimum atomic E-state index is -0.333. The van der Waals surface area contributed by atoms with Crippen LogP contribution in [0.3, 0.4) is 0 Å². The number of aliphatic hydroxyl groups excluding tert-OH is 1.